The molecule has 10 N–H and O–H groups in total. The maximum atomic E-state index is 11.0. The molecule has 16 heteroatoms. The van der Waals surface area contributed by atoms with Gasteiger partial charge in [-0.05, 0) is 19.3 Å². The first-order valence-corrected chi connectivity index (χ1v) is 13.2. The lowest BCUT2D eigenvalue weighted by Gasteiger charge is -2.48. The van der Waals surface area contributed by atoms with Crippen LogP contribution in [0.4, 0.5) is 0 Å². The number of aliphatic hydroxyl groups is 10. The fourth-order valence-corrected chi connectivity index (χ4v) is 4.76. The van der Waals surface area contributed by atoms with E-state index in [2.05, 4.69) is 6.58 Å². The normalized spacial score (nSPS) is 46.3. The van der Waals surface area contributed by atoms with Crippen LogP contribution < -0.4 is 0 Å². The Kier molecular flexibility index (Phi) is 13.0. The van der Waals surface area contributed by atoms with Crippen molar-refractivity contribution in [3.05, 3.63) is 12.7 Å². The summed E-state index contributed by atoms with van der Waals surface area (Å²) in [7, 11) is 0. The molecule has 234 valence electrons. The highest BCUT2D eigenvalue weighted by molar-refractivity contribution is 4.96. The maximum absolute atomic E-state index is 11.0. The monoisotopic (exact) mass is 586 g/mol. The highest BCUT2D eigenvalue weighted by Crippen LogP contribution is 2.32. The standard InChI is InChI=1S/C24H42O16/c1-2-3-4-5-6-35-22-18(33)20(14(29)11(8-26)36-22)40-24-19(34)21(15(30)12(9-27)38-24)39-23-17(32)16(31)13(28)10(7-25)37-23/h2,10-34H,1,3-9H2/t10?,11?,12?,13-,14-,15-,16+,17?,18?,19?,20+,21+,22+,23-,24-/m1/s1. The summed E-state index contributed by atoms with van der Waals surface area (Å²) in [5.41, 5.74) is 0. The van der Waals surface area contributed by atoms with Crippen LogP contribution in [0.5, 0.6) is 0 Å². The highest BCUT2D eigenvalue weighted by Gasteiger charge is 2.53. The van der Waals surface area contributed by atoms with E-state index in [0.29, 0.717) is 6.42 Å². The summed E-state index contributed by atoms with van der Waals surface area (Å²) < 4.78 is 33.0. The van der Waals surface area contributed by atoms with Gasteiger partial charge in [-0.15, -0.1) is 6.58 Å². The lowest BCUT2D eigenvalue weighted by atomic mass is 9.96. The second-order valence-electron chi connectivity index (χ2n) is 9.97. The lowest BCUT2D eigenvalue weighted by Crippen LogP contribution is -2.67. The SMILES string of the molecule is C=CCCCCO[C@H]1OC(CO)[C@@H](O)[C@H](O[C@H]2OC(CO)[C@@H](O)[C@H](O[C@H]3OC(CO)[C@@H](O)[C@H](O)C3O)C2O)C1O. The van der Waals surface area contributed by atoms with Crippen molar-refractivity contribution in [2.45, 2.75) is 111 Å². The largest absolute Gasteiger partial charge is 0.394 e. The van der Waals surface area contributed by atoms with Crippen LogP contribution in [0.2, 0.25) is 0 Å². The zero-order chi connectivity index (χ0) is 29.6. The number of aliphatic hydroxyl groups excluding tert-OH is 10. The van der Waals surface area contributed by atoms with E-state index in [0.717, 1.165) is 12.8 Å². The molecule has 0 aromatic carbocycles. The van der Waals surface area contributed by atoms with Gasteiger partial charge in [-0.1, -0.05) is 6.08 Å². The fourth-order valence-electron chi connectivity index (χ4n) is 4.76. The van der Waals surface area contributed by atoms with Crippen LogP contribution in [-0.4, -0.2) is 170 Å². The van der Waals surface area contributed by atoms with E-state index >= 15 is 0 Å². The van der Waals surface area contributed by atoms with E-state index in [9.17, 15) is 51.1 Å². The second kappa shape index (κ2) is 15.5. The van der Waals surface area contributed by atoms with Crippen molar-refractivity contribution in [1.29, 1.82) is 0 Å². The van der Waals surface area contributed by atoms with E-state index < -0.39 is 112 Å². The number of hydrogen-bond acceptors (Lipinski definition) is 16. The van der Waals surface area contributed by atoms with Gasteiger partial charge in [-0.2, -0.15) is 0 Å². The first kappa shape index (κ1) is 33.6. The van der Waals surface area contributed by atoms with Crippen molar-refractivity contribution < 1.29 is 79.5 Å². The number of hydrogen-bond donors (Lipinski definition) is 10. The van der Waals surface area contributed by atoms with E-state index in [1.54, 1.807) is 6.08 Å². The smallest absolute Gasteiger partial charge is 0.187 e. The quantitative estimate of drug-likeness (QED) is 0.0714. The maximum Gasteiger partial charge on any atom is 0.187 e. The van der Waals surface area contributed by atoms with Gasteiger partial charge in [0.25, 0.3) is 0 Å². The van der Waals surface area contributed by atoms with Gasteiger partial charge >= 0.3 is 0 Å². The zero-order valence-corrected chi connectivity index (χ0v) is 21.8. The number of ether oxygens (including phenoxy) is 6. The molecule has 40 heavy (non-hydrogen) atoms. The predicted octanol–water partition coefficient (Wildman–Crippen LogP) is -5.19. The van der Waals surface area contributed by atoms with Crippen LogP contribution >= 0.6 is 0 Å². The minimum Gasteiger partial charge on any atom is -0.394 e. The van der Waals surface area contributed by atoms with Crippen molar-refractivity contribution in [2.24, 2.45) is 0 Å². The van der Waals surface area contributed by atoms with Crippen LogP contribution in [0.25, 0.3) is 0 Å². The number of unbranched alkanes of at least 4 members (excludes halogenated alkanes) is 2. The minimum atomic E-state index is -1.89. The molecule has 3 aliphatic heterocycles. The molecule has 6 unspecified atom stereocenters. The van der Waals surface area contributed by atoms with Crippen LogP contribution in [0.3, 0.4) is 0 Å². The molecule has 0 radical (unpaired) electrons. The first-order valence-electron chi connectivity index (χ1n) is 13.2. The van der Waals surface area contributed by atoms with Crippen LogP contribution in [0.15, 0.2) is 12.7 Å². The minimum absolute atomic E-state index is 0.173. The summed E-state index contributed by atoms with van der Waals surface area (Å²) in [5.74, 6) is 0. The zero-order valence-electron chi connectivity index (χ0n) is 21.8. The summed E-state index contributed by atoms with van der Waals surface area (Å²) >= 11 is 0. The number of rotatable bonds is 13. The fraction of sp³-hybridized carbons (Fsp3) is 0.917. The first-order chi connectivity index (χ1) is 19.1. The van der Waals surface area contributed by atoms with Gasteiger partial charge in [0.2, 0.25) is 0 Å². The Balaban J connectivity index is 1.74. The van der Waals surface area contributed by atoms with Crippen molar-refractivity contribution in [2.75, 3.05) is 26.4 Å². The van der Waals surface area contributed by atoms with Gasteiger partial charge in [-0.25, -0.2) is 0 Å². The molecular formula is C24H42O16. The molecule has 0 amide bonds. The Morgan fingerprint density at radius 2 is 1.00 bits per heavy atom. The molecule has 0 aromatic heterocycles. The van der Waals surface area contributed by atoms with Crippen molar-refractivity contribution in [3.63, 3.8) is 0 Å². The summed E-state index contributed by atoms with van der Waals surface area (Å²) in [5, 5.41) is 102. The lowest BCUT2D eigenvalue weighted by molar-refractivity contribution is -0.381. The Morgan fingerprint density at radius 3 is 1.50 bits per heavy atom. The molecule has 0 saturated carbocycles. The molecular weight excluding hydrogens is 544 g/mol. The summed E-state index contributed by atoms with van der Waals surface area (Å²) in [4.78, 5) is 0. The predicted molar refractivity (Wildman–Crippen MR) is 129 cm³/mol. The van der Waals surface area contributed by atoms with Crippen molar-refractivity contribution in [3.8, 4) is 0 Å². The van der Waals surface area contributed by atoms with E-state index in [1.165, 1.54) is 0 Å². The van der Waals surface area contributed by atoms with Gasteiger partial charge in [0.05, 0.1) is 19.8 Å². The third-order valence-corrected chi connectivity index (χ3v) is 7.16. The molecule has 3 fully saturated rings. The molecule has 3 aliphatic rings. The van der Waals surface area contributed by atoms with Gasteiger partial charge in [0.1, 0.15) is 73.2 Å². The molecule has 0 bridgehead atoms. The van der Waals surface area contributed by atoms with E-state index in [1.807, 2.05) is 0 Å². The summed E-state index contributed by atoms with van der Waals surface area (Å²) in [6, 6.07) is 0. The molecule has 0 aromatic rings. The van der Waals surface area contributed by atoms with Gasteiger partial charge in [-0.3, -0.25) is 0 Å². The van der Waals surface area contributed by atoms with E-state index in [4.69, 9.17) is 28.4 Å². The van der Waals surface area contributed by atoms with Crippen LogP contribution in [0, 0.1) is 0 Å². The highest BCUT2D eigenvalue weighted by atomic mass is 16.8. The van der Waals surface area contributed by atoms with Crippen LogP contribution in [-0.2, 0) is 28.4 Å². The Labute approximate surface area is 230 Å². The summed E-state index contributed by atoms with van der Waals surface area (Å²) in [6.07, 6.45) is -20.4. The molecule has 3 rings (SSSR count). The Morgan fingerprint density at radius 1 is 0.550 bits per heavy atom. The van der Waals surface area contributed by atoms with Crippen molar-refractivity contribution in [1.82, 2.24) is 0 Å². The molecule has 15 atom stereocenters. The topological polar surface area (TPSA) is 258 Å². The van der Waals surface area contributed by atoms with Gasteiger partial charge in [0.15, 0.2) is 18.9 Å². The second-order valence-corrected chi connectivity index (χ2v) is 9.97. The average Bonchev–Trinajstić information content (AvgIpc) is 2.95. The van der Waals surface area contributed by atoms with Crippen LogP contribution in [0.1, 0.15) is 19.3 Å². The van der Waals surface area contributed by atoms with E-state index in [-0.39, 0.29) is 6.61 Å². The Hall–Kier alpha value is -0.900. The summed E-state index contributed by atoms with van der Waals surface area (Å²) in [6.45, 7) is 1.59. The van der Waals surface area contributed by atoms with Gasteiger partial charge in [0, 0.05) is 6.61 Å². The molecule has 3 saturated heterocycles. The molecule has 16 nitrogen and oxygen atoms in total. The number of allylic oxidation sites excluding steroid dienone is 1. The van der Waals surface area contributed by atoms with Crippen molar-refractivity contribution >= 4 is 0 Å². The molecule has 0 spiro atoms. The van der Waals surface area contributed by atoms with Gasteiger partial charge < -0.3 is 79.5 Å². The molecule has 0 aliphatic carbocycles. The Bertz CT molecular complexity index is 758. The molecule has 3 heterocycles. The average molecular weight is 587 g/mol. The third-order valence-electron chi connectivity index (χ3n) is 7.16. The third kappa shape index (κ3) is 7.54.